The van der Waals surface area contributed by atoms with Crippen molar-refractivity contribution in [1.29, 1.82) is 0 Å². The molecule has 16 heavy (non-hydrogen) atoms. The van der Waals surface area contributed by atoms with Gasteiger partial charge in [0, 0.05) is 18.3 Å². The van der Waals surface area contributed by atoms with Crippen LogP contribution in [0.1, 0.15) is 0 Å². The predicted octanol–water partition coefficient (Wildman–Crippen LogP) is 1.89. The summed E-state index contributed by atoms with van der Waals surface area (Å²) < 4.78 is 27.7. The van der Waals surface area contributed by atoms with Crippen LogP contribution in [-0.2, 0) is 14.3 Å². The molecule has 0 aliphatic carbocycles. The molecule has 2 rings (SSSR count). The number of thiol groups is 1. The molecule has 0 heterocycles. The molecule has 0 aromatic heterocycles. The first-order valence-electron chi connectivity index (χ1n) is 4.45. The van der Waals surface area contributed by atoms with Gasteiger partial charge in [-0.15, -0.1) is 0 Å². The number of hydrogen-bond acceptors (Lipinski definition) is 4. The van der Waals surface area contributed by atoms with Gasteiger partial charge < -0.3 is 0 Å². The van der Waals surface area contributed by atoms with Crippen LogP contribution in [0.5, 0.6) is 0 Å². The van der Waals surface area contributed by atoms with Crippen LogP contribution in [0, 0.1) is 0 Å². The Hall–Kier alpha value is -1.08. The molecule has 0 aliphatic rings. The fourth-order valence-electron chi connectivity index (χ4n) is 1.52. The number of nitrogens with one attached hydrogen (secondary N) is 1. The summed E-state index contributed by atoms with van der Waals surface area (Å²) in [5.74, 6) is 0. The van der Waals surface area contributed by atoms with E-state index in [0.29, 0.717) is 5.39 Å². The van der Waals surface area contributed by atoms with Crippen LogP contribution in [0.25, 0.3) is 10.8 Å². The second kappa shape index (κ2) is 4.42. The second-order valence-corrected chi connectivity index (χ2v) is 4.95. The van der Waals surface area contributed by atoms with Crippen molar-refractivity contribution in [2.75, 3.05) is 0 Å². The van der Waals surface area contributed by atoms with E-state index in [1.54, 1.807) is 18.2 Å². The van der Waals surface area contributed by atoms with Gasteiger partial charge in [0.05, 0.1) is 4.90 Å². The van der Waals surface area contributed by atoms with Crippen molar-refractivity contribution in [3.8, 4) is 0 Å². The van der Waals surface area contributed by atoms with Gasteiger partial charge in [0.2, 0.25) is 0 Å². The van der Waals surface area contributed by atoms with E-state index in [2.05, 4.69) is 17.2 Å². The van der Waals surface area contributed by atoms with Crippen molar-refractivity contribution in [1.82, 2.24) is 4.89 Å². The molecule has 0 bridgehead atoms. The van der Waals surface area contributed by atoms with E-state index >= 15 is 0 Å². The second-order valence-electron chi connectivity index (χ2n) is 3.16. The Morgan fingerprint density at radius 3 is 2.50 bits per heavy atom. The van der Waals surface area contributed by atoms with Crippen molar-refractivity contribution in [3.63, 3.8) is 0 Å². The first-order valence-corrected chi connectivity index (χ1v) is 6.30. The van der Waals surface area contributed by atoms with Crippen LogP contribution in [0.4, 0.5) is 0 Å². The normalized spacial score (nSPS) is 11.8. The summed E-state index contributed by atoms with van der Waals surface area (Å²) in [6, 6.07) is 12.2. The first kappa shape index (κ1) is 11.4. The van der Waals surface area contributed by atoms with E-state index in [1.807, 2.05) is 23.1 Å². The molecule has 0 unspecified atom stereocenters. The molecule has 0 saturated carbocycles. The Morgan fingerprint density at radius 2 is 1.75 bits per heavy atom. The van der Waals surface area contributed by atoms with Crippen molar-refractivity contribution in [3.05, 3.63) is 42.5 Å². The fourth-order valence-corrected chi connectivity index (χ4v) is 2.74. The van der Waals surface area contributed by atoms with E-state index in [-0.39, 0.29) is 4.90 Å². The number of hydrogen-bond donors (Lipinski definition) is 2. The minimum Gasteiger partial charge on any atom is -0.220 e. The van der Waals surface area contributed by atoms with Gasteiger partial charge in [-0.3, -0.25) is 0 Å². The van der Waals surface area contributed by atoms with Gasteiger partial charge >= 0.3 is 0 Å². The van der Waals surface area contributed by atoms with Gasteiger partial charge in [-0.2, -0.15) is 0 Å². The Morgan fingerprint density at radius 1 is 1.06 bits per heavy atom. The maximum atomic E-state index is 11.8. The fraction of sp³-hybridized carbons (Fsp3) is 0. The minimum atomic E-state index is -3.69. The van der Waals surface area contributed by atoms with Gasteiger partial charge in [0.25, 0.3) is 10.0 Å². The lowest BCUT2D eigenvalue weighted by Crippen LogP contribution is -2.20. The topological polar surface area (TPSA) is 55.4 Å². The van der Waals surface area contributed by atoms with Gasteiger partial charge in [-0.05, 0) is 11.5 Å². The lowest BCUT2D eigenvalue weighted by atomic mass is 10.1. The molecule has 6 heteroatoms. The molecular formula is C10H9NO3S2. The smallest absolute Gasteiger partial charge is 0.220 e. The highest BCUT2D eigenvalue weighted by molar-refractivity contribution is 7.90. The molecule has 0 saturated heterocycles. The lowest BCUT2D eigenvalue weighted by molar-refractivity contribution is 0.328. The monoisotopic (exact) mass is 255 g/mol. The number of sulfonamides is 1. The molecule has 2 aromatic carbocycles. The van der Waals surface area contributed by atoms with E-state index in [4.69, 9.17) is 0 Å². The molecule has 84 valence electrons. The average Bonchev–Trinajstić information content (AvgIpc) is 2.28. The van der Waals surface area contributed by atoms with Crippen molar-refractivity contribution in [2.45, 2.75) is 4.90 Å². The summed E-state index contributed by atoms with van der Waals surface area (Å²) in [6.07, 6.45) is 0. The number of benzene rings is 2. The third-order valence-electron chi connectivity index (χ3n) is 2.19. The Bertz CT molecular complexity index is 605. The molecular weight excluding hydrogens is 246 g/mol. The molecule has 0 atom stereocenters. The van der Waals surface area contributed by atoms with E-state index in [0.717, 1.165) is 5.39 Å². The molecule has 0 fully saturated rings. The summed E-state index contributed by atoms with van der Waals surface area (Å²) >= 11 is 3.37. The zero-order chi connectivity index (χ0) is 11.6. The number of rotatable bonds is 3. The Kier molecular flexibility index (Phi) is 3.15. The van der Waals surface area contributed by atoms with Crippen LogP contribution < -0.4 is 4.89 Å². The molecule has 0 spiro atoms. The van der Waals surface area contributed by atoms with Crippen LogP contribution in [0.2, 0.25) is 0 Å². The van der Waals surface area contributed by atoms with Crippen molar-refractivity contribution in [2.24, 2.45) is 0 Å². The summed E-state index contributed by atoms with van der Waals surface area (Å²) in [7, 11) is -3.69. The largest absolute Gasteiger partial charge is 0.264 e. The van der Waals surface area contributed by atoms with Gasteiger partial charge in [-0.1, -0.05) is 41.3 Å². The summed E-state index contributed by atoms with van der Waals surface area (Å²) in [5, 5.41) is 1.49. The van der Waals surface area contributed by atoms with Crippen LogP contribution in [0.15, 0.2) is 47.4 Å². The molecule has 1 N–H and O–H groups in total. The van der Waals surface area contributed by atoms with Crippen LogP contribution >= 0.6 is 12.9 Å². The highest BCUT2D eigenvalue weighted by Gasteiger charge is 2.16. The first-order chi connectivity index (χ1) is 7.65. The maximum absolute atomic E-state index is 11.8. The zero-order valence-corrected chi connectivity index (χ0v) is 9.83. The maximum Gasteiger partial charge on any atom is 0.264 e. The molecule has 2 aromatic rings. The van der Waals surface area contributed by atoms with Crippen LogP contribution in [-0.4, -0.2) is 8.42 Å². The van der Waals surface area contributed by atoms with Gasteiger partial charge in [0.1, 0.15) is 0 Å². The Labute approximate surface area is 98.9 Å². The van der Waals surface area contributed by atoms with E-state index in [1.165, 1.54) is 6.07 Å². The SMILES string of the molecule is O=S(=O)(NOS)c1cccc2ccccc12. The van der Waals surface area contributed by atoms with E-state index < -0.39 is 10.0 Å². The molecule has 4 nitrogen and oxygen atoms in total. The molecule has 0 radical (unpaired) electrons. The van der Waals surface area contributed by atoms with Gasteiger partial charge in [0.15, 0.2) is 0 Å². The average molecular weight is 255 g/mol. The lowest BCUT2D eigenvalue weighted by Gasteiger charge is -2.06. The predicted molar refractivity (Wildman–Crippen MR) is 64.3 cm³/mol. The highest BCUT2D eigenvalue weighted by Crippen LogP contribution is 2.22. The standard InChI is InChI=1S/C10H9NO3S2/c12-16(13,11-14-15)10-7-3-5-8-4-1-2-6-9(8)10/h1-7,11,15H. The minimum absolute atomic E-state index is 0.166. The zero-order valence-electron chi connectivity index (χ0n) is 8.12. The quantitative estimate of drug-likeness (QED) is 0.500. The molecule has 0 amide bonds. The summed E-state index contributed by atoms with van der Waals surface area (Å²) in [5.41, 5.74) is 0. The number of fused-ring (bicyclic) bond motifs is 1. The summed E-state index contributed by atoms with van der Waals surface area (Å²) in [6.45, 7) is 0. The van der Waals surface area contributed by atoms with Crippen LogP contribution in [0.3, 0.4) is 0 Å². The highest BCUT2D eigenvalue weighted by atomic mass is 32.2. The summed E-state index contributed by atoms with van der Waals surface area (Å²) in [4.78, 5) is 2.03. The van der Waals surface area contributed by atoms with Gasteiger partial charge in [-0.25, -0.2) is 12.7 Å². The van der Waals surface area contributed by atoms with E-state index in [9.17, 15) is 8.42 Å². The van der Waals surface area contributed by atoms with Crippen molar-refractivity contribution >= 4 is 33.7 Å². The Balaban J connectivity index is 2.70. The molecule has 0 aliphatic heterocycles. The third-order valence-corrected chi connectivity index (χ3v) is 3.64. The van der Waals surface area contributed by atoms with Crippen molar-refractivity contribution < 1.29 is 12.7 Å². The third kappa shape index (κ3) is 2.05.